The number of nitriles is 1. The van der Waals surface area contributed by atoms with Gasteiger partial charge in [-0.1, -0.05) is 60.1 Å². The Kier molecular flexibility index (Phi) is 6.97. The van der Waals surface area contributed by atoms with Crippen molar-refractivity contribution in [3.63, 3.8) is 0 Å². The molecule has 0 saturated carbocycles. The second kappa shape index (κ2) is 10.2. The predicted octanol–water partition coefficient (Wildman–Crippen LogP) is 5.81. The van der Waals surface area contributed by atoms with Crippen molar-refractivity contribution in [1.29, 1.82) is 5.26 Å². The van der Waals surface area contributed by atoms with Gasteiger partial charge in [0.2, 0.25) is 0 Å². The molecule has 0 radical (unpaired) electrons. The van der Waals surface area contributed by atoms with Crippen molar-refractivity contribution in [3.8, 4) is 17.6 Å². The van der Waals surface area contributed by atoms with Gasteiger partial charge in [-0.05, 0) is 54.3 Å². The molecule has 166 valence electrons. The third-order valence-electron chi connectivity index (χ3n) is 5.35. The fraction of sp³-hybridized carbons (Fsp3) is 0.185. The van der Waals surface area contributed by atoms with Crippen LogP contribution in [0.3, 0.4) is 0 Å². The van der Waals surface area contributed by atoms with Gasteiger partial charge in [0.15, 0.2) is 11.5 Å². The third kappa shape index (κ3) is 5.02. The summed E-state index contributed by atoms with van der Waals surface area (Å²) in [5, 5.41) is 10.1. The Hall–Kier alpha value is -3.75. The van der Waals surface area contributed by atoms with Crippen LogP contribution in [0.2, 0.25) is 5.02 Å². The van der Waals surface area contributed by atoms with Crippen LogP contribution in [0.1, 0.15) is 23.6 Å². The molecule has 6 heteroatoms. The fourth-order valence-corrected chi connectivity index (χ4v) is 4.08. The average molecular weight is 459 g/mol. The molecule has 4 rings (SSSR count). The molecule has 3 aromatic carbocycles. The van der Waals surface area contributed by atoms with Crippen molar-refractivity contribution in [2.24, 2.45) is 0 Å². The van der Waals surface area contributed by atoms with Crippen molar-refractivity contribution < 1.29 is 14.3 Å². The first kappa shape index (κ1) is 22.4. The van der Waals surface area contributed by atoms with Gasteiger partial charge in [0.05, 0.1) is 11.6 Å². The molecule has 3 aromatic rings. The van der Waals surface area contributed by atoms with Gasteiger partial charge in [-0.15, -0.1) is 0 Å². The zero-order valence-electron chi connectivity index (χ0n) is 18.3. The lowest BCUT2D eigenvalue weighted by Crippen LogP contribution is -2.29. The number of ether oxygens (including phenoxy) is 2. The summed E-state index contributed by atoms with van der Waals surface area (Å²) >= 11 is 6.52. The summed E-state index contributed by atoms with van der Waals surface area (Å²) in [7, 11) is 0. The molecule has 0 N–H and O–H groups in total. The molecular weight excluding hydrogens is 436 g/mol. The highest BCUT2D eigenvalue weighted by Gasteiger charge is 2.26. The largest absolute Gasteiger partial charge is 0.490 e. The molecule has 0 aromatic heterocycles. The lowest BCUT2D eigenvalue weighted by atomic mass is 10.1. The summed E-state index contributed by atoms with van der Waals surface area (Å²) in [6.07, 6.45) is 2.31. The maximum atomic E-state index is 13.1. The first-order valence-electron chi connectivity index (χ1n) is 10.8. The lowest BCUT2D eigenvalue weighted by Gasteiger charge is -2.17. The summed E-state index contributed by atoms with van der Waals surface area (Å²) in [6.45, 7) is 3.17. The van der Waals surface area contributed by atoms with Crippen LogP contribution in [0.15, 0.2) is 72.3 Å². The van der Waals surface area contributed by atoms with Crippen molar-refractivity contribution in [2.45, 2.75) is 20.0 Å². The second-order valence-electron chi connectivity index (χ2n) is 7.54. The quantitative estimate of drug-likeness (QED) is 0.331. The van der Waals surface area contributed by atoms with Gasteiger partial charge in [-0.2, -0.15) is 5.26 Å². The van der Waals surface area contributed by atoms with E-state index in [0.717, 1.165) is 23.2 Å². The number of nitrogens with zero attached hydrogens (tertiary/aromatic N) is 2. The Morgan fingerprint density at radius 2 is 1.88 bits per heavy atom. The molecule has 1 aliphatic rings. The molecule has 0 spiro atoms. The second-order valence-corrected chi connectivity index (χ2v) is 7.95. The van der Waals surface area contributed by atoms with E-state index in [1.807, 2.05) is 67.6 Å². The van der Waals surface area contributed by atoms with Gasteiger partial charge in [-0.3, -0.25) is 4.79 Å². The fourth-order valence-electron chi connectivity index (χ4n) is 3.81. The normalized spacial score (nSPS) is 12.8. The Bertz CT molecular complexity index is 1230. The van der Waals surface area contributed by atoms with Gasteiger partial charge in [0.1, 0.15) is 18.2 Å². The number of hydrogen-bond donors (Lipinski definition) is 0. The van der Waals surface area contributed by atoms with E-state index in [4.69, 9.17) is 21.1 Å². The van der Waals surface area contributed by atoms with Crippen molar-refractivity contribution >= 4 is 29.3 Å². The van der Waals surface area contributed by atoms with Gasteiger partial charge in [0, 0.05) is 12.2 Å². The number of carbonyl (C=O) groups is 1. The van der Waals surface area contributed by atoms with Crippen LogP contribution in [-0.4, -0.2) is 19.1 Å². The predicted molar refractivity (Wildman–Crippen MR) is 129 cm³/mol. The molecule has 0 unspecified atom stereocenters. The summed E-state index contributed by atoms with van der Waals surface area (Å²) in [4.78, 5) is 14.8. The number of halogens is 1. The number of para-hydroxylation sites is 1. The molecule has 0 fully saturated rings. The molecule has 0 saturated heterocycles. The number of hydrogen-bond acceptors (Lipinski definition) is 4. The van der Waals surface area contributed by atoms with Gasteiger partial charge in [0.25, 0.3) is 5.91 Å². The Balaban J connectivity index is 1.61. The average Bonchev–Trinajstić information content (AvgIpc) is 3.27. The molecule has 0 atom stereocenters. The van der Waals surface area contributed by atoms with Crippen LogP contribution >= 0.6 is 11.6 Å². The molecular formula is C27H23ClN2O3. The minimum Gasteiger partial charge on any atom is -0.490 e. The van der Waals surface area contributed by atoms with Crippen LogP contribution in [-0.2, 0) is 17.8 Å². The Morgan fingerprint density at radius 1 is 1.12 bits per heavy atom. The highest BCUT2D eigenvalue weighted by molar-refractivity contribution is 6.32. The maximum absolute atomic E-state index is 13.1. The number of carbonyl (C=O) groups excluding carboxylic acids is 1. The number of anilines is 1. The van der Waals surface area contributed by atoms with Crippen molar-refractivity contribution in [1.82, 2.24) is 0 Å². The first-order valence-corrected chi connectivity index (χ1v) is 11.1. The smallest absolute Gasteiger partial charge is 0.268 e. The molecule has 1 heterocycles. The summed E-state index contributed by atoms with van der Waals surface area (Å²) in [5.74, 6) is 0.558. The minimum absolute atomic E-state index is 0.0307. The van der Waals surface area contributed by atoms with E-state index < -0.39 is 0 Å². The maximum Gasteiger partial charge on any atom is 0.268 e. The topological polar surface area (TPSA) is 62.6 Å². The molecule has 33 heavy (non-hydrogen) atoms. The SMILES string of the molecule is CCOc1cc(C=C(C#N)C(=O)N2CCc3ccccc32)cc(Cl)c1OCc1ccccc1. The number of amides is 1. The van der Waals surface area contributed by atoms with E-state index in [0.29, 0.717) is 41.8 Å². The molecule has 1 aliphatic heterocycles. The van der Waals surface area contributed by atoms with Gasteiger partial charge >= 0.3 is 0 Å². The van der Waals surface area contributed by atoms with E-state index in [1.165, 1.54) is 0 Å². The van der Waals surface area contributed by atoms with Gasteiger partial charge < -0.3 is 14.4 Å². The zero-order chi connectivity index (χ0) is 23.2. The lowest BCUT2D eigenvalue weighted by molar-refractivity contribution is -0.114. The van der Waals surface area contributed by atoms with Crippen LogP contribution in [0.4, 0.5) is 5.69 Å². The van der Waals surface area contributed by atoms with Crippen molar-refractivity contribution in [2.75, 3.05) is 18.1 Å². The number of benzene rings is 3. The monoisotopic (exact) mass is 458 g/mol. The summed E-state index contributed by atoms with van der Waals surface area (Å²) < 4.78 is 11.7. The molecule has 5 nitrogen and oxygen atoms in total. The molecule has 0 aliphatic carbocycles. The van der Waals surface area contributed by atoms with Gasteiger partial charge in [-0.25, -0.2) is 0 Å². The Labute approximate surface area is 198 Å². The minimum atomic E-state index is -0.332. The third-order valence-corrected chi connectivity index (χ3v) is 5.63. The highest BCUT2D eigenvalue weighted by Crippen LogP contribution is 2.38. The van der Waals surface area contributed by atoms with E-state index >= 15 is 0 Å². The summed E-state index contributed by atoms with van der Waals surface area (Å²) in [5.41, 5.74) is 3.57. The van der Waals surface area contributed by atoms with Crippen LogP contribution in [0.25, 0.3) is 6.08 Å². The van der Waals surface area contributed by atoms with E-state index in [2.05, 4.69) is 0 Å². The number of fused-ring (bicyclic) bond motifs is 1. The van der Waals surface area contributed by atoms with Crippen molar-refractivity contribution in [3.05, 3.63) is 94.0 Å². The van der Waals surface area contributed by atoms with Crippen LogP contribution in [0.5, 0.6) is 11.5 Å². The standard InChI is InChI=1S/C27H23ClN2O3/c1-2-32-25-16-20(15-23(28)26(25)33-18-19-8-4-3-5-9-19)14-22(17-29)27(31)30-13-12-21-10-6-7-11-24(21)30/h3-11,14-16H,2,12-13,18H2,1H3. The highest BCUT2D eigenvalue weighted by atomic mass is 35.5. The molecule has 1 amide bonds. The Morgan fingerprint density at radius 3 is 2.64 bits per heavy atom. The van der Waals surface area contributed by atoms with Crippen LogP contribution in [0, 0.1) is 11.3 Å². The summed E-state index contributed by atoms with van der Waals surface area (Å²) in [6, 6.07) is 23.0. The number of rotatable bonds is 7. The zero-order valence-corrected chi connectivity index (χ0v) is 19.0. The van der Waals surface area contributed by atoms with E-state index in [-0.39, 0.29) is 11.5 Å². The van der Waals surface area contributed by atoms with E-state index in [9.17, 15) is 10.1 Å². The molecule has 0 bridgehead atoms. The van der Waals surface area contributed by atoms with Crippen LogP contribution < -0.4 is 14.4 Å². The van der Waals surface area contributed by atoms with E-state index in [1.54, 1.807) is 23.1 Å². The first-order chi connectivity index (χ1) is 16.1.